The van der Waals surface area contributed by atoms with Gasteiger partial charge in [0.2, 0.25) is 0 Å². The lowest BCUT2D eigenvalue weighted by Gasteiger charge is -1.93. The molecule has 0 saturated heterocycles. The van der Waals surface area contributed by atoms with Crippen LogP contribution >= 0.6 is 0 Å². The molecule has 1 rings (SSSR count). The van der Waals surface area contributed by atoms with Gasteiger partial charge in [0.1, 0.15) is 0 Å². The Hall–Kier alpha value is -1.35. The van der Waals surface area contributed by atoms with Gasteiger partial charge in [0.25, 0.3) is 5.91 Å². The molecule has 1 radical (unpaired) electrons. The van der Waals surface area contributed by atoms with Gasteiger partial charge in [0.05, 0.1) is 0 Å². The normalized spacial score (nSPS) is 8.90. The van der Waals surface area contributed by atoms with Gasteiger partial charge in [-0.3, -0.25) is 4.79 Å². The molecule has 3 heteroatoms. The van der Waals surface area contributed by atoms with Crippen molar-refractivity contribution in [1.29, 1.82) is 0 Å². The fourth-order valence-corrected chi connectivity index (χ4v) is 0.648. The number of rotatable bonds is 1. The smallest absolute Gasteiger partial charge is 0.267 e. The van der Waals surface area contributed by atoms with Gasteiger partial charge in [0, 0.05) is 5.56 Å². The van der Waals surface area contributed by atoms with Crippen molar-refractivity contribution >= 4 is 5.91 Å². The Morgan fingerprint density at radius 3 is 2.30 bits per heavy atom. The van der Waals surface area contributed by atoms with Crippen LogP contribution in [0.4, 0.5) is 0 Å². The maximum Gasteiger partial charge on any atom is 0.277 e. The second-order valence-electron chi connectivity index (χ2n) is 1.80. The molecule has 1 amide bonds. The van der Waals surface area contributed by atoms with Gasteiger partial charge in [-0.15, -0.1) is 0 Å². The highest BCUT2D eigenvalue weighted by Crippen LogP contribution is 1.96. The van der Waals surface area contributed by atoms with Crippen LogP contribution in [0.1, 0.15) is 10.4 Å². The fourth-order valence-electron chi connectivity index (χ4n) is 0.648. The summed E-state index contributed by atoms with van der Waals surface area (Å²) in [5, 5.41) is 9.83. The van der Waals surface area contributed by atoms with Crippen LogP contribution in [0.3, 0.4) is 0 Å². The van der Waals surface area contributed by atoms with Crippen LogP contribution in [0.15, 0.2) is 30.3 Å². The van der Waals surface area contributed by atoms with Gasteiger partial charge in [-0.2, -0.15) is 5.48 Å². The van der Waals surface area contributed by atoms with Gasteiger partial charge >= 0.3 is 0 Å². The minimum Gasteiger partial charge on any atom is -0.267 e. The third kappa shape index (κ3) is 1.33. The van der Waals surface area contributed by atoms with E-state index in [1.54, 1.807) is 30.3 Å². The number of hydrogen-bond acceptors (Lipinski definition) is 1. The summed E-state index contributed by atoms with van der Waals surface area (Å²) in [4.78, 5) is 10.6. The molecule has 0 aliphatic heterocycles. The molecule has 10 heavy (non-hydrogen) atoms. The van der Waals surface area contributed by atoms with Crippen molar-refractivity contribution in [3.05, 3.63) is 35.9 Å². The monoisotopic (exact) mass is 136 g/mol. The van der Waals surface area contributed by atoms with E-state index in [-0.39, 0.29) is 0 Å². The van der Waals surface area contributed by atoms with Crippen molar-refractivity contribution in [3.8, 4) is 0 Å². The molecular weight excluding hydrogens is 130 g/mol. The molecule has 0 spiro atoms. The van der Waals surface area contributed by atoms with E-state index >= 15 is 0 Å². The van der Waals surface area contributed by atoms with Crippen molar-refractivity contribution in [2.45, 2.75) is 0 Å². The average Bonchev–Trinajstić information content (AvgIpc) is 2.05. The first kappa shape index (κ1) is 6.77. The van der Waals surface area contributed by atoms with Crippen LogP contribution in [0, 0.1) is 0 Å². The molecule has 0 atom stereocenters. The molecule has 0 saturated carbocycles. The molecule has 0 aliphatic rings. The minimum atomic E-state index is -0.597. The standard InChI is InChI=1S/C7H6NO2/c9-7(8-10)6-4-2-1-3-5-6/h1-5H,(H,8,9). The lowest BCUT2D eigenvalue weighted by Crippen LogP contribution is -2.16. The fraction of sp³-hybridized carbons (Fsp3) is 0. The van der Waals surface area contributed by atoms with Crippen LogP contribution in [0.5, 0.6) is 0 Å². The number of carbonyl (C=O) groups is 1. The Labute approximate surface area is 58.3 Å². The van der Waals surface area contributed by atoms with Gasteiger partial charge in [0.15, 0.2) is 0 Å². The van der Waals surface area contributed by atoms with Crippen LogP contribution < -0.4 is 5.48 Å². The Morgan fingerprint density at radius 2 is 1.80 bits per heavy atom. The van der Waals surface area contributed by atoms with Crippen LogP contribution in [-0.4, -0.2) is 5.91 Å². The molecule has 0 unspecified atom stereocenters. The number of hydroxylamine groups is 1. The number of carbonyl (C=O) groups excluding carboxylic acids is 1. The Morgan fingerprint density at radius 1 is 1.20 bits per heavy atom. The largest absolute Gasteiger partial charge is 0.277 e. The van der Waals surface area contributed by atoms with E-state index in [1.165, 1.54) is 5.48 Å². The second kappa shape index (κ2) is 2.98. The molecule has 51 valence electrons. The molecule has 3 nitrogen and oxygen atoms in total. The SMILES string of the molecule is [O]NC(=O)c1ccccc1. The molecule has 0 fully saturated rings. The highest BCUT2D eigenvalue weighted by Gasteiger charge is 2.00. The molecule has 0 bridgehead atoms. The third-order valence-corrected chi connectivity index (χ3v) is 1.13. The highest BCUT2D eigenvalue weighted by molar-refractivity contribution is 5.93. The summed E-state index contributed by atoms with van der Waals surface area (Å²) in [7, 11) is 0. The maximum absolute atomic E-state index is 10.6. The second-order valence-corrected chi connectivity index (χ2v) is 1.80. The van der Waals surface area contributed by atoms with Crippen molar-refractivity contribution in [2.75, 3.05) is 0 Å². The molecule has 0 heterocycles. The molecule has 1 aromatic rings. The van der Waals surface area contributed by atoms with Crippen LogP contribution in [-0.2, 0) is 5.21 Å². The Kier molecular flexibility index (Phi) is 2.02. The first-order valence-electron chi connectivity index (χ1n) is 2.82. The number of hydrogen-bond donors (Lipinski definition) is 1. The van der Waals surface area contributed by atoms with Crippen LogP contribution in [0.25, 0.3) is 0 Å². The summed E-state index contributed by atoms with van der Waals surface area (Å²) in [6.45, 7) is 0. The maximum atomic E-state index is 10.6. The van der Waals surface area contributed by atoms with Gasteiger partial charge < -0.3 is 0 Å². The zero-order valence-corrected chi connectivity index (χ0v) is 5.20. The summed E-state index contributed by atoms with van der Waals surface area (Å²) in [5.41, 5.74) is 1.68. The highest BCUT2D eigenvalue weighted by atomic mass is 16.5. The van der Waals surface area contributed by atoms with Gasteiger partial charge in [-0.05, 0) is 12.1 Å². The lowest BCUT2D eigenvalue weighted by molar-refractivity contribution is 0.0465. The van der Waals surface area contributed by atoms with E-state index in [4.69, 9.17) is 0 Å². The summed E-state index contributed by atoms with van der Waals surface area (Å²) in [5.74, 6) is -0.597. The minimum absolute atomic E-state index is 0.387. The van der Waals surface area contributed by atoms with Crippen molar-refractivity contribution in [2.24, 2.45) is 0 Å². The van der Waals surface area contributed by atoms with E-state index in [0.29, 0.717) is 5.56 Å². The van der Waals surface area contributed by atoms with E-state index < -0.39 is 5.91 Å². The molecule has 0 aliphatic carbocycles. The van der Waals surface area contributed by atoms with E-state index in [0.717, 1.165) is 0 Å². The topological polar surface area (TPSA) is 49.0 Å². The van der Waals surface area contributed by atoms with E-state index in [9.17, 15) is 10.0 Å². The third-order valence-electron chi connectivity index (χ3n) is 1.13. The zero-order chi connectivity index (χ0) is 7.40. The number of benzene rings is 1. The quantitative estimate of drug-likeness (QED) is 0.569. The lowest BCUT2D eigenvalue weighted by atomic mass is 10.2. The Bertz CT molecular complexity index is 220. The van der Waals surface area contributed by atoms with Gasteiger partial charge in [-0.1, -0.05) is 23.4 Å². The molecular formula is C7H6NO2. The molecule has 1 aromatic carbocycles. The molecule has 0 aromatic heterocycles. The predicted octanol–water partition coefficient (Wildman–Crippen LogP) is 0.762. The Balaban J connectivity index is 2.85. The van der Waals surface area contributed by atoms with Crippen molar-refractivity contribution in [1.82, 2.24) is 5.48 Å². The number of amides is 1. The zero-order valence-electron chi connectivity index (χ0n) is 5.20. The molecule has 1 N–H and O–H groups in total. The van der Waals surface area contributed by atoms with Gasteiger partial charge in [-0.25, -0.2) is 0 Å². The summed E-state index contributed by atoms with van der Waals surface area (Å²) in [6, 6.07) is 8.33. The average molecular weight is 136 g/mol. The summed E-state index contributed by atoms with van der Waals surface area (Å²) < 4.78 is 0. The summed E-state index contributed by atoms with van der Waals surface area (Å²) in [6.07, 6.45) is 0. The van der Waals surface area contributed by atoms with Crippen molar-refractivity contribution in [3.63, 3.8) is 0 Å². The first-order valence-corrected chi connectivity index (χ1v) is 2.82. The van der Waals surface area contributed by atoms with Crippen LogP contribution in [0.2, 0.25) is 0 Å². The van der Waals surface area contributed by atoms with Crippen molar-refractivity contribution < 1.29 is 10.0 Å². The number of nitrogens with one attached hydrogen (secondary N) is 1. The van der Waals surface area contributed by atoms with E-state index in [1.807, 2.05) is 0 Å². The summed E-state index contributed by atoms with van der Waals surface area (Å²) >= 11 is 0. The van der Waals surface area contributed by atoms with E-state index in [2.05, 4.69) is 0 Å². The first-order chi connectivity index (χ1) is 4.84. The predicted molar refractivity (Wildman–Crippen MR) is 34.6 cm³/mol.